The number of pyridine rings is 1. The number of hydrogen-bond acceptors (Lipinski definition) is 5. The smallest absolute Gasteiger partial charge is 0.154 e. The highest BCUT2D eigenvalue weighted by molar-refractivity contribution is 5.58. The molecule has 32 heavy (non-hydrogen) atoms. The summed E-state index contributed by atoms with van der Waals surface area (Å²) in [7, 11) is 0. The number of halogens is 1. The van der Waals surface area contributed by atoms with Crippen molar-refractivity contribution in [2.75, 3.05) is 13.1 Å². The standard InChI is InChI=1S/C25H25FN4O2/c1-18-8-9-22(32-18)24-19(17-30(28-24)21-6-4-5-20(26)15-21)16-29-13-10-25(31,11-14-29)23-7-2-3-12-27-23/h2-9,12,15,17,31H,10-11,13-14,16H2,1H3. The molecule has 1 N–H and O–H groups in total. The maximum Gasteiger partial charge on any atom is 0.154 e. The molecular formula is C25H25FN4O2. The Hall–Kier alpha value is -3.29. The second-order valence-corrected chi connectivity index (χ2v) is 8.36. The number of piperidine rings is 1. The number of hydrogen-bond donors (Lipinski definition) is 1. The van der Waals surface area contributed by atoms with Crippen molar-refractivity contribution in [1.82, 2.24) is 19.7 Å². The van der Waals surface area contributed by atoms with Crippen molar-refractivity contribution in [3.05, 3.63) is 89.8 Å². The molecule has 1 aliphatic heterocycles. The molecule has 4 heterocycles. The molecule has 3 aromatic heterocycles. The van der Waals surface area contributed by atoms with Gasteiger partial charge in [0.25, 0.3) is 0 Å². The van der Waals surface area contributed by atoms with E-state index in [1.807, 2.05) is 49.5 Å². The van der Waals surface area contributed by atoms with E-state index in [1.54, 1.807) is 16.9 Å². The molecule has 0 spiro atoms. The summed E-state index contributed by atoms with van der Waals surface area (Å²) in [5, 5.41) is 15.8. The minimum Gasteiger partial charge on any atom is -0.460 e. The molecule has 0 unspecified atom stereocenters. The second kappa shape index (κ2) is 8.33. The van der Waals surface area contributed by atoms with E-state index in [9.17, 15) is 9.50 Å². The molecule has 1 aromatic carbocycles. The molecule has 0 aliphatic carbocycles. The van der Waals surface area contributed by atoms with Crippen LogP contribution in [-0.2, 0) is 12.1 Å². The average molecular weight is 432 g/mol. The topological polar surface area (TPSA) is 67.3 Å². The predicted octanol–water partition coefficient (Wildman–Crippen LogP) is 4.46. The van der Waals surface area contributed by atoms with Crippen molar-refractivity contribution in [3.63, 3.8) is 0 Å². The average Bonchev–Trinajstić information content (AvgIpc) is 3.42. The van der Waals surface area contributed by atoms with Crippen molar-refractivity contribution < 1.29 is 13.9 Å². The molecule has 0 saturated carbocycles. The third-order valence-corrected chi connectivity index (χ3v) is 6.06. The Balaban J connectivity index is 1.39. The van der Waals surface area contributed by atoms with Crippen molar-refractivity contribution in [3.8, 4) is 17.1 Å². The lowest BCUT2D eigenvalue weighted by Gasteiger charge is -2.37. The zero-order valence-corrected chi connectivity index (χ0v) is 17.9. The summed E-state index contributed by atoms with van der Waals surface area (Å²) in [6.45, 7) is 4.02. The van der Waals surface area contributed by atoms with Gasteiger partial charge in [0, 0.05) is 37.6 Å². The maximum atomic E-state index is 13.8. The van der Waals surface area contributed by atoms with Crippen LogP contribution in [0.25, 0.3) is 17.1 Å². The van der Waals surface area contributed by atoms with Crippen LogP contribution < -0.4 is 0 Å². The van der Waals surface area contributed by atoms with Gasteiger partial charge in [-0.25, -0.2) is 9.07 Å². The third kappa shape index (κ3) is 4.09. The monoisotopic (exact) mass is 432 g/mol. The summed E-state index contributed by atoms with van der Waals surface area (Å²) in [5.41, 5.74) is 2.22. The highest BCUT2D eigenvalue weighted by atomic mass is 19.1. The SMILES string of the molecule is Cc1ccc(-c2nn(-c3cccc(F)c3)cc2CN2CCC(O)(c3ccccn3)CC2)o1. The van der Waals surface area contributed by atoms with Gasteiger partial charge in [-0.2, -0.15) is 5.10 Å². The van der Waals surface area contributed by atoms with Gasteiger partial charge in [0.1, 0.15) is 22.9 Å². The van der Waals surface area contributed by atoms with E-state index in [0.29, 0.717) is 30.8 Å². The van der Waals surface area contributed by atoms with Crippen LogP contribution in [0.3, 0.4) is 0 Å². The van der Waals surface area contributed by atoms with Crippen molar-refractivity contribution in [2.24, 2.45) is 0 Å². The number of benzene rings is 1. The second-order valence-electron chi connectivity index (χ2n) is 8.36. The van der Waals surface area contributed by atoms with E-state index >= 15 is 0 Å². The zero-order chi connectivity index (χ0) is 22.1. The van der Waals surface area contributed by atoms with E-state index in [2.05, 4.69) is 9.88 Å². The van der Waals surface area contributed by atoms with E-state index in [0.717, 1.165) is 35.8 Å². The molecule has 1 saturated heterocycles. The van der Waals surface area contributed by atoms with E-state index in [-0.39, 0.29) is 5.82 Å². The van der Waals surface area contributed by atoms with Crippen molar-refractivity contribution in [2.45, 2.75) is 31.9 Å². The molecule has 1 aliphatic rings. The number of aromatic nitrogens is 3. The van der Waals surface area contributed by atoms with Crippen LogP contribution in [0.5, 0.6) is 0 Å². The number of furan rings is 1. The van der Waals surface area contributed by atoms with Gasteiger partial charge in [-0.3, -0.25) is 9.88 Å². The molecule has 164 valence electrons. The predicted molar refractivity (Wildman–Crippen MR) is 119 cm³/mol. The van der Waals surface area contributed by atoms with Crippen LogP contribution in [0.2, 0.25) is 0 Å². The maximum absolute atomic E-state index is 13.8. The summed E-state index contributed by atoms with van der Waals surface area (Å²) < 4.78 is 21.3. The fourth-order valence-corrected chi connectivity index (χ4v) is 4.26. The lowest BCUT2D eigenvalue weighted by molar-refractivity contribution is -0.0310. The third-order valence-electron chi connectivity index (χ3n) is 6.06. The van der Waals surface area contributed by atoms with Crippen molar-refractivity contribution in [1.29, 1.82) is 0 Å². The zero-order valence-electron chi connectivity index (χ0n) is 17.9. The summed E-state index contributed by atoms with van der Waals surface area (Å²) in [4.78, 5) is 6.65. The lowest BCUT2D eigenvalue weighted by atomic mass is 9.87. The Morgan fingerprint density at radius 3 is 2.62 bits per heavy atom. The fourth-order valence-electron chi connectivity index (χ4n) is 4.26. The van der Waals surface area contributed by atoms with E-state index in [4.69, 9.17) is 9.52 Å². The Kier molecular flexibility index (Phi) is 5.36. The van der Waals surface area contributed by atoms with Gasteiger partial charge in [0.05, 0.1) is 11.4 Å². The minimum atomic E-state index is -0.898. The summed E-state index contributed by atoms with van der Waals surface area (Å²) in [6, 6.07) is 15.8. The van der Waals surface area contributed by atoms with Gasteiger partial charge in [-0.05, 0) is 62.2 Å². The molecule has 0 radical (unpaired) electrons. The Morgan fingerprint density at radius 1 is 1.09 bits per heavy atom. The first-order valence-corrected chi connectivity index (χ1v) is 10.8. The number of rotatable bonds is 5. The Labute approximate surface area is 185 Å². The molecule has 6 nitrogen and oxygen atoms in total. The van der Waals surface area contributed by atoms with Gasteiger partial charge < -0.3 is 9.52 Å². The molecular weight excluding hydrogens is 407 g/mol. The summed E-state index contributed by atoms with van der Waals surface area (Å²) >= 11 is 0. The van der Waals surface area contributed by atoms with Gasteiger partial charge in [0.2, 0.25) is 0 Å². The first kappa shape index (κ1) is 20.6. The number of aryl methyl sites for hydroxylation is 1. The van der Waals surface area contributed by atoms with E-state index < -0.39 is 5.60 Å². The Bertz CT molecular complexity index is 1210. The van der Waals surface area contributed by atoms with Gasteiger partial charge in [-0.15, -0.1) is 0 Å². The molecule has 1 fully saturated rings. The van der Waals surface area contributed by atoms with E-state index in [1.165, 1.54) is 12.1 Å². The minimum absolute atomic E-state index is 0.306. The number of likely N-dealkylation sites (tertiary alicyclic amines) is 1. The largest absolute Gasteiger partial charge is 0.460 e. The van der Waals surface area contributed by atoms with Gasteiger partial charge in [0.15, 0.2) is 5.76 Å². The summed E-state index contributed by atoms with van der Waals surface area (Å²) in [5.74, 6) is 1.19. The van der Waals surface area contributed by atoms with Crippen LogP contribution in [0, 0.1) is 12.7 Å². The lowest BCUT2D eigenvalue weighted by Crippen LogP contribution is -2.42. The van der Waals surface area contributed by atoms with Gasteiger partial charge >= 0.3 is 0 Å². The van der Waals surface area contributed by atoms with Gasteiger partial charge in [-0.1, -0.05) is 12.1 Å². The number of aliphatic hydroxyl groups is 1. The van der Waals surface area contributed by atoms with Crippen LogP contribution in [0.1, 0.15) is 29.9 Å². The van der Waals surface area contributed by atoms with Crippen LogP contribution >= 0.6 is 0 Å². The molecule has 7 heteroatoms. The number of nitrogens with zero attached hydrogens (tertiary/aromatic N) is 4. The fraction of sp³-hybridized carbons (Fsp3) is 0.280. The molecule has 0 bridgehead atoms. The first-order valence-electron chi connectivity index (χ1n) is 10.8. The molecule has 0 amide bonds. The van der Waals surface area contributed by atoms with Crippen molar-refractivity contribution >= 4 is 0 Å². The first-order chi connectivity index (χ1) is 15.5. The summed E-state index contributed by atoms with van der Waals surface area (Å²) in [6.07, 6.45) is 4.87. The van der Waals surface area contributed by atoms with Crippen LogP contribution in [-0.4, -0.2) is 37.9 Å². The van der Waals surface area contributed by atoms with Crippen LogP contribution in [0.4, 0.5) is 4.39 Å². The molecule has 4 aromatic rings. The highest BCUT2D eigenvalue weighted by Crippen LogP contribution is 2.33. The quantitative estimate of drug-likeness (QED) is 0.504. The highest BCUT2D eigenvalue weighted by Gasteiger charge is 2.35. The Morgan fingerprint density at radius 2 is 1.94 bits per heavy atom. The normalized spacial score (nSPS) is 16.3. The molecule has 0 atom stereocenters. The van der Waals surface area contributed by atoms with Crippen LogP contribution in [0.15, 0.2) is 71.4 Å². The molecule has 5 rings (SSSR count).